The maximum absolute atomic E-state index is 4.93. The Morgan fingerprint density at radius 2 is 0.982 bits per heavy atom. The van der Waals surface area contributed by atoms with Gasteiger partial charge in [-0.3, -0.25) is 0 Å². The summed E-state index contributed by atoms with van der Waals surface area (Å²) in [6.07, 6.45) is 2.38. The summed E-state index contributed by atoms with van der Waals surface area (Å²) in [4.78, 5) is 0. The Morgan fingerprint density at radius 1 is 0.554 bits per heavy atom. The molecule has 2 unspecified atom stereocenters. The maximum Gasteiger partial charge on any atom is 0.0920 e. The summed E-state index contributed by atoms with van der Waals surface area (Å²) in [6.45, 7) is 13.5. The molecule has 0 nitrogen and oxygen atoms in total. The fourth-order valence-corrected chi connectivity index (χ4v) is 8.81. The van der Waals surface area contributed by atoms with E-state index in [0.717, 1.165) is 9.52 Å². The molecule has 56 heavy (non-hydrogen) atoms. The van der Waals surface area contributed by atoms with Crippen LogP contribution in [-0.4, -0.2) is 9.52 Å². The van der Waals surface area contributed by atoms with Crippen LogP contribution in [0.3, 0.4) is 0 Å². The van der Waals surface area contributed by atoms with E-state index >= 15 is 0 Å². The summed E-state index contributed by atoms with van der Waals surface area (Å²) < 4.78 is 0. The molecule has 8 aromatic rings. The van der Waals surface area contributed by atoms with Crippen LogP contribution in [0.1, 0.15) is 74.6 Å². The average molecular weight is 864 g/mol. The standard InChI is InChI=1S/2C20H21.C12H7Si.2ClH.Zr/c2*1-4-14(2)17-12-16-9-7-11-19(20(16)13-17)18-10-6-5-8-15(18)3;1-3-7-11-9(5-1)10-6-2-4-8-12(10)13-11;;;/h2*5-14H,4H2,1-3H3;1-7H;2*1H;/q3*-1;;;+2/p-2. The molecule has 2 radical (unpaired) electrons. The number of hydrogen-bond acceptors (Lipinski definition) is 0. The molecule has 282 valence electrons. The number of halogens is 2. The third-order valence-corrected chi connectivity index (χ3v) is 12.5. The van der Waals surface area contributed by atoms with Crippen LogP contribution in [0.25, 0.3) is 54.9 Å². The van der Waals surface area contributed by atoms with Crippen LogP contribution in [0.15, 0.2) is 152 Å². The molecule has 0 aromatic heterocycles. The van der Waals surface area contributed by atoms with Gasteiger partial charge < -0.3 is 0 Å². The fraction of sp³-hybridized carbons (Fsp3) is 0.192. The first kappa shape index (κ1) is 41.8. The molecule has 2 atom stereocenters. The van der Waals surface area contributed by atoms with Crippen molar-refractivity contribution in [1.82, 2.24) is 0 Å². The summed E-state index contributed by atoms with van der Waals surface area (Å²) >= 11 is -0.826. The first-order valence-corrected chi connectivity index (χ1v) is 26.9. The summed E-state index contributed by atoms with van der Waals surface area (Å²) in [6, 6.07) is 58.2. The molecule has 0 aliphatic carbocycles. The van der Waals surface area contributed by atoms with E-state index < -0.39 is 20.8 Å². The maximum atomic E-state index is 4.93. The Labute approximate surface area is 356 Å². The van der Waals surface area contributed by atoms with Gasteiger partial charge in [-0.1, -0.05) is 147 Å². The summed E-state index contributed by atoms with van der Waals surface area (Å²) in [7, 11) is 10.7. The van der Waals surface area contributed by atoms with Crippen molar-refractivity contribution in [2.75, 3.05) is 0 Å². The first-order valence-electron chi connectivity index (χ1n) is 19.6. The van der Waals surface area contributed by atoms with Crippen molar-refractivity contribution in [3.05, 3.63) is 180 Å². The molecule has 0 saturated heterocycles. The molecule has 1 aliphatic rings. The van der Waals surface area contributed by atoms with E-state index in [4.69, 9.17) is 17.0 Å². The van der Waals surface area contributed by atoms with Crippen molar-refractivity contribution in [1.29, 1.82) is 0 Å². The molecule has 0 bridgehead atoms. The molecule has 9 rings (SSSR count). The molecule has 1 aliphatic heterocycles. The smallest absolute Gasteiger partial charge is 0.0920 e. The van der Waals surface area contributed by atoms with Crippen molar-refractivity contribution in [3.8, 4) is 33.4 Å². The SMILES string of the molecule is CCC(C)c1cc2c(-c3ccccc3C)cccc2[cH-]1.CCC(C)c1cc2c(-c3ccccc3C)cccc2[cH-]1.[Cl][Zr][Cl].[c-]1cccc2c1[Si]c1ccccc1-2. The van der Waals surface area contributed by atoms with Crippen LogP contribution in [-0.2, 0) is 20.8 Å². The van der Waals surface area contributed by atoms with Crippen LogP contribution >= 0.6 is 17.0 Å². The van der Waals surface area contributed by atoms with E-state index in [1.54, 1.807) is 0 Å². The van der Waals surface area contributed by atoms with Crippen LogP contribution in [0.4, 0.5) is 0 Å². The minimum Gasteiger partial charge on any atom is -0.184 e. The fourth-order valence-electron chi connectivity index (χ4n) is 7.50. The van der Waals surface area contributed by atoms with E-state index in [1.807, 2.05) is 6.07 Å². The Bertz CT molecular complexity index is 2330. The summed E-state index contributed by atoms with van der Waals surface area (Å²) in [5, 5.41) is 8.32. The Morgan fingerprint density at radius 3 is 1.46 bits per heavy atom. The molecule has 0 saturated carbocycles. The van der Waals surface area contributed by atoms with E-state index in [1.165, 1.54) is 100 Å². The van der Waals surface area contributed by atoms with Crippen LogP contribution < -0.4 is 10.4 Å². The monoisotopic (exact) mass is 861 g/mol. The van der Waals surface area contributed by atoms with Gasteiger partial charge in [-0.05, 0) is 47.9 Å². The number of fused-ring (bicyclic) bond motifs is 5. The largest absolute Gasteiger partial charge is 0.184 e. The molecule has 8 aromatic carbocycles. The van der Waals surface area contributed by atoms with Gasteiger partial charge in [0.2, 0.25) is 0 Å². The predicted octanol–water partition coefficient (Wildman–Crippen LogP) is 14.6. The second kappa shape index (κ2) is 20.1. The van der Waals surface area contributed by atoms with Crippen molar-refractivity contribution < 1.29 is 20.8 Å². The second-order valence-electron chi connectivity index (χ2n) is 14.6. The summed E-state index contributed by atoms with van der Waals surface area (Å²) in [5.74, 6) is 1.26. The minimum absolute atomic E-state index is 0.632. The van der Waals surface area contributed by atoms with Gasteiger partial charge in [0.15, 0.2) is 0 Å². The molecule has 1 heterocycles. The molecular formula is C52H49Cl2SiZr-3. The quantitative estimate of drug-likeness (QED) is 0.115. The minimum atomic E-state index is -0.826. The molecule has 0 fully saturated rings. The van der Waals surface area contributed by atoms with E-state index in [2.05, 4.69) is 193 Å². The van der Waals surface area contributed by atoms with Crippen LogP contribution in [0.2, 0.25) is 0 Å². The second-order valence-corrected chi connectivity index (χ2v) is 19.7. The van der Waals surface area contributed by atoms with Gasteiger partial charge in [-0.2, -0.15) is 41.6 Å². The Kier molecular flexibility index (Phi) is 15.0. The normalized spacial score (nSPS) is 12.2. The zero-order chi connectivity index (χ0) is 39.6. The average Bonchev–Trinajstić information content (AvgIpc) is 3.97. The Balaban J connectivity index is 0.000000140. The van der Waals surface area contributed by atoms with Gasteiger partial charge in [0.1, 0.15) is 0 Å². The number of benzene rings is 6. The van der Waals surface area contributed by atoms with Gasteiger partial charge in [0, 0.05) is 0 Å². The predicted molar refractivity (Wildman–Crippen MR) is 244 cm³/mol. The zero-order valence-corrected chi connectivity index (χ0v) is 38.2. The van der Waals surface area contributed by atoms with Crippen molar-refractivity contribution in [3.63, 3.8) is 0 Å². The topological polar surface area (TPSA) is 0 Å². The first-order chi connectivity index (χ1) is 27.3. The molecule has 4 heteroatoms. The van der Waals surface area contributed by atoms with Gasteiger partial charge in [0.25, 0.3) is 0 Å². The molecule has 0 amide bonds. The summed E-state index contributed by atoms with van der Waals surface area (Å²) in [5.41, 5.74) is 13.8. The van der Waals surface area contributed by atoms with Crippen molar-refractivity contribution in [2.24, 2.45) is 0 Å². The van der Waals surface area contributed by atoms with E-state index in [0.29, 0.717) is 11.8 Å². The van der Waals surface area contributed by atoms with Gasteiger partial charge in [-0.15, -0.1) is 74.6 Å². The van der Waals surface area contributed by atoms with E-state index in [9.17, 15) is 0 Å². The van der Waals surface area contributed by atoms with Crippen molar-refractivity contribution in [2.45, 2.75) is 66.2 Å². The van der Waals surface area contributed by atoms with Gasteiger partial charge in [-0.25, -0.2) is 0 Å². The zero-order valence-electron chi connectivity index (χ0n) is 33.3. The third-order valence-electron chi connectivity index (χ3n) is 11.1. The van der Waals surface area contributed by atoms with Gasteiger partial charge in [0.05, 0.1) is 9.52 Å². The molecule has 0 N–H and O–H groups in total. The number of rotatable bonds is 6. The van der Waals surface area contributed by atoms with Crippen molar-refractivity contribution >= 4 is 58.5 Å². The third kappa shape index (κ3) is 9.66. The van der Waals surface area contributed by atoms with E-state index in [-0.39, 0.29) is 0 Å². The molecular weight excluding hydrogens is 815 g/mol. The van der Waals surface area contributed by atoms with Crippen LogP contribution in [0.5, 0.6) is 0 Å². The Hall–Kier alpha value is -3.78. The number of hydrogen-bond donors (Lipinski definition) is 0. The number of aryl methyl sites for hydroxylation is 2. The van der Waals surface area contributed by atoms with Gasteiger partial charge >= 0.3 is 37.9 Å². The molecule has 0 spiro atoms. The van der Waals surface area contributed by atoms with Crippen LogP contribution in [0, 0.1) is 19.9 Å².